The average molecular weight is 271 g/mol. The van der Waals surface area contributed by atoms with Crippen molar-refractivity contribution in [3.05, 3.63) is 70.0 Å². The maximum absolute atomic E-state index is 10.8. The van der Waals surface area contributed by atoms with Gasteiger partial charge in [-0.3, -0.25) is 15.1 Å². The van der Waals surface area contributed by atoms with E-state index in [0.717, 1.165) is 11.3 Å². The molecule has 0 radical (unpaired) electrons. The van der Waals surface area contributed by atoms with Gasteiger partial charge in [0, 0.05) is 30.4 Å². The zero-order valence-corrected chi connectivity index (χ0v) is 11.5. The SMILES string of the molecule is CC(N[C@H](C)c1ccccn1)c1cccc([N+](=O)[O-])c1. The van der Waals surface area contributed by atoms with Crippen molar-refractivity contribution in [2.75, 3.05) is 0 Å². The molecule has 1 aromatic carbocycles. The molecule has 0 aliphatic carbocycles. The Hall–Kier alpha value is -2.27. The molecule has 1 N–H and O–H groups in total. The number of hydrogen-bond acceptors (Lipinski definition) is 4. The van der Waals surface area contributed by atoms with E-state index < -0.39 is 0 Å². The Labute approximate surface area is 117 Å². The van der Waals surface area contributed by atoms with Crippen LogP contribution in [0.4, 0.5) is 5.69 Å². The van der Waals surface area contributed by atoms with Gasteiger partial charge in [-0.1, -0.05) is 18.2 Å². The van der Waals surface area contributed by atoms with Gasteiger partial charge in [0.05, 0.1) is 10.6 Å². The molecule has 104 valence electrons. The second-order valence-electron chi connectivity index (χ2n) is 4.72. The molecule has 0 amide bonds. The van der Waals surface area contributed by atoms with E-state index in [4.69, 9.17) is 0 Å². The molecule has 0 saturated heterocycles. The predicted octanol–water partition coefficient (Wildman–Crippen LogP) is 3.40. The zero-order chi connectivity index (χ0) is 14.5. The van der Waals surface area contributed by atoms with Crippen molar-refractivity contribution in [3.63, 3.8) is 0 Å². The van der Waals surface area contributed by atoms with Crippen molar-refractivity contribution in [2.24, 2.45) is 0 Å². The second kappa shape index (κ2) is 6.25. The Morgan fingerprint density at radius 2 is 1.95 bits per heavy atom. The van der Waals surface area contributed by atoms with Crippen molar-refractivity contribution in [3.8, 4) is 0 Å². The number of rotatable bonds is 5. The normalized spacial score (nSPS) is 13.7. The molecule has 5 nitrogen and oxygen atoms in total. The van der Waals surface area contributed by atoms with Crippen LogP contribution in [0.1, 0.15) is 37.2 Å². The summed E-state index contributed by atoms with van der Waals surface area (Å²) in [7, 11) is 0. The van der Waals surface area contributed by atoms with Gasteiger partial charge in [-0.05, 0) is 31.5 Å². The van der Waals surface area contributed by atoms with Crippen LogP contribution in [-0.2, 0) is 0 Å². The van der Waals surface area contributed by atoms with Crippen LogP contribution in [0, 0.1) is 10.1 Å². The Morgan fingerprint density at radius 3 is 2.60 bits per heavy atom. The van der Waals surface area contributed by atoms with Crippen molar-refractivity contribution in [1.29, 1.82) is 0 Å². The highest BCUT2D eigenvalue weighted by Gasteiger charge is 2.14. The molecule has 0 bridgehead atoms. The van der Waals surface area contributed by atoms with Gasteiger partial charge in [0.15, 0.2) is 0 Å². The summed E-state index contributed by atoms with van der Waals surface area (Å²) < 4.78 is 0. The number of hydrogen-bond donors (Lipinski definition) is 1. The molecular weight excluding hydrogens is 254 g/mol. The molecule has 2 atom stereocenters. The van der Waals surface area contributed by atoms with Crippen LogP contribution < -0.4 is 5.32 Å². The van der Waals surface area contributed by atoms with E-state index in [9.17, 15) is 10.1 Å². The standard InChI is InChI=1S/C15H17N3O2/c1-11(13-6-5-7-14(10-13)18(19)20)17-12(2)15-8-3-4-9-16-15/h3-12,17H,1-2H3/t11?,12-/m1/s1. The fourth-order valence-corrected chi connectivity index (χ4v) is 2.10. The molecule has 1 unspecified atom stereocenters. The minimum atomic E-state index is -0.377. The summed E-state index contributed by atoms with van der Waals surface area (Å²) in [5, 5.41) is 14.2. The zero-order valence-electron chi connectivity index (χ0n) is 11.5. The first-order chi connectivity index (χ1) is 9.58. The van der Waals surface area contributed by atoms with Crippen molar-refractivity contribution < 1.29 is 4.92 Å². The molecule has 1 aromatic heterocycles. The number of benzene rings is 1. The Bertz CT molecular complexity index is 587. The van der Waals surface area contributed by atoms with Crippen LogP contribution in [0.3, 0.4) is 0 Å². The number of pyridine rings is 1. The van der Waals surface area contributed by atoms with Crippen LogP contribution in [0.25, 0.3) is 0 Å². The van der Waals surface area contributed by atoms with Gasteiger partial charge in [-0.2, -0.15) is 0 Å². The van der Waals surface area contributed by atoms with Gasteiger partial charge in [0.1, 0.15) is 0 Å². The van der Waals surface area contributed by atoms with Crippen LogP contribution >= 0.6 is 0 Å². The van der Waals surface area contributed by atoms with Crippen molar-refractivity contribution in [2.45, 2.75) is 25.9 Å². The largest absolute Gasteiger partial charge is 0.302 e. The van der Waals surface area contributed by atoms with Gasteiger partial charge >= 0.3 is 0 Å². The molecule has 0 saturated carbocycles. The summed E-state index contributed by atoms with van der Waals surface area (Å²) in [5.74, 6) is 0. The lowest BCUT2D eigenvalue weighted by atomic mass is 10.1. The molecular formula is C15H17N3O2. The summed E-state index contributed by atoms with van der Waals surface area (Å²) in [6.45, 7) is 4.01. The highest BCUT2D eigenvalue weighted by atomic mass is 16.6. The monoisotopic (exact) mass is 271 g/mol. The molecule has 0 aliphatic heterocycles. The Morgan fingerprint density at radius 1 is 1.15 bits per heavy atom. The molecule has 2 rings (SSSR count). The van der Waals surface area contributed by atoms with E-state index >= 15 is 0 Å². The lowest BCUT2D eigenvalue weighted by Gasteiger charge is -2.19. The lowest BCUT2D eigenvalue weighted by Crippen LogP contribution is -2.23. The van der Waals surface area contributed by atoms with Gasteiger partial charge in [-0.25, -0.2) is 0 Å². The van der Waals surface area contributed by atoms with E-state index in [0.29, 0.717) is 0 Å². The summed E-state index contributed by atoms with van der Waals surface area (Å²) in [4.78, 5) is 14.7. The summed E-state index contributed by atoms with van der Waals surface area (Å²) >= 11 is 0. The fourth-order valence-electron chi connectivity index (χ4n) is 2.10. The molecule has 0 fully saturated rings. The number of nitro groups is 1. The molecule has 5 heteroatoms. The first-order valence-corrected chi connectivity index (χ1v) is 6.49. The van der Waals surface area contributed by atoms with Gasteiger partial charge in [0.25, 0.3) is 5.69 Å². The maximum Gasteiger partial charge on any atom is 0.269 e. The number of non-ortho nitro benzene ring substituents is 1. The number of nitrogens with one attached hydrogen (secondary N) is 1. The molecule has 20 heavy (non-hydrogen) atoms. The summed E-state index contributed by atoms with van der Waals surface area (Å²) in [5.41, 5.74) is 1.95. The van der Waals surface area contributed by atoms with E-state index in [2.05, 4.69) is 10.3 Å². The highest BCUT2D eigenvalue weighted by Crippen LogP contribution is 2.21. The third-order valence-electron chi connectivity index (χ3n) is 3.21. The summed E-state index contributed by atoms with van der Waals surface area (Å²) in [6.07, 6.45) is 1.76. The second-order valence-corrected chi connectivity index (χ2v) is 4.72. The highest BCUT2D eigenvalue weighted by molar-refractivity contribution is 5.35. The van der Waals surface area contributed by atoms with E-state index in [1.807, 2.05) is 38.1 Å². The quantitative estimate of drug-likeness (QED) is 0.668. The average Bonchev–Trinajstić information content (AvgIpc) is 2.48. The van der Waals surface area contributed by atoms with Crippen LogP contribution in [0.15, 0.2) is 48.7 Å². The topological polar surface area (TPSA) is 68.1 Å². The van der Waals surface area contributed by atoms with Crippen LogP contribution in [0.5, 0.6) is 0 Å². The van der Waals surface area contributed by atoms with Crippen molar-refractivity contribution >= 4 is 5.69 Å². The van der Waals surface area contributed by atoms with Crippen LogP contribution in [-0.4, -0.2) is 9.91 Å². The van der Waals surface area contributed by atoms with E-state index in [1.165, 1.54) is 6.07 Å². The third-order valence-corrected chi connectivity index (χ3v) is 3.21. The molecule has 0 spiro atoms. The predicted molar refractivity (Wildman–Crippen MR) is 77.3 cm³/mol. The Kier molecular flexibility index (Phi) is 4.42. The molecule has 0 aliphatic rings. The number of nitrogens with zero attached hydrogens (tertiary/aromatic N) is 2. The first kappa shape index (κ1) is 14.1. The third kappa shape index (κ3) is 3.39. The van der Waals surface area contributed by atoms with Gasteiger partial charge in [0.2, 0.25) is 0 Å². The number of aromatic nitrogens is 1. The molecule has 2 aromatic rings. The number of nitro benzene ring substituents is 1. The molecule has 1 heterocycles. The lowest BCUT2D eigenvalue weighted by molar-refractivity contribution is -0.384. The fraction of sp³-hybridized carbons (Fsp3) is 0.267. The van der Waals surface area contributed by atoms with Crippen molar-refractivity contribution in [1.82, 2.24) is 10.3 Å². The van der Waals surface area contributed by atoms with Crippen LogP contribution in [0.2, 0.25) is 0 Å². The minimum absolute atomic E-state index is 0.00639. The smallest absolute Gasteiger partial charge is 0.269 e. The van der Waals surface area contributed by atoms with E-state index in [-0.39, 0.29) is 22.7 Å². The maximum atomic E-state index is 10.8. The Balaban J connectivity index is 2.10. The first-order valence-electron chi connectivity index (χ1n) is 6.49. The van der Waals surface area contributed by atoms with Gasteiger partial charge < -0.3 is 5.32 Å². The minimum Gasteiger partial charge on any atom is -0.302 e. The summed E-state index contributed by atoms with van der Waals surface area (Å²) in [6, 6.07) is 12.5. The van der Waals surface area contributed by atoms with E-state index in [1.54, 1.807) is 18.3 Å². The van der Waals surface area contributed by atoms with Gasteiger partial charge in [-0.15, -0.1) is 0 Å².